The Labute approximate surface area is 152 Å². The molecule has 120 valence electrons. The second-order valence-corrected chi connectivity index (χ2v) is 6.54. The third-order valence-electron chi connectivity index (χ3n) is 3.64. The maximum Gasteiger partial charge on any atom is 0.335 e. The third kappa shape index (κ3) is 3.09. The lowest BCUT2D eigenvalue weighted by molar-refractivity contribution is -0.122. The van der Waals surface area contributed by atoms with Crippen LogP contribution in [0.2, 0.25) is 0 Å². The fourth-order valence-electron chi connectivity index (χ4n) is 2.42. The van der Waals surface area contributed by atoms with Gasteiger partial charge in [0, 0.05) is 3.57 Å². The SMILES string of the molecule is Cc1ccccc1N1C(=O)NC(=O)/C(=C/c2ccc(I)cc2)C1=O. The van der Waals surface area contributed by atoms with Crippen molar-refractivity contribution in [1.82, 2.24) is 5.32 Å². The van der Waals surface area contributed by atoms with E-state index < -0.39 is 17.8 Å². The number of imide groups is 2. The zero-order chi connectivity index (χ0) is 17.3. The molecule has 24 heavy (non-hydrogen) atoms. The number of halogens is 1. The van der Waals surface area contributed by atoms with Crippen molar-refractivity contribution in [3.05, 3.63) is 68.8 Å². The number of anilines is 1. The lowest BCUT2D eigenvalue weighted by Crippen LogP contribution is -2.54. The lowest BCUT2D eigenvalue weighted by Gasteiger charge is -2.27. The molecule has 0 bridgehead atoms. The topological polar surface area (TPSA) is 66.5 Å². The van der Waals surface area contributed by atoms with E-state index >= 15 is 0 Å². The van der Waals surface area contributed by atoms with Crippen LogP contribution >= 0.6 is 22.6 Å². The number of para-hydroxylation sites is 1. The number of barbiturate groups is 1. The summed E-state index contributed by atoms with van der Waals surface area (Å²) >= 11 is 2.17. The molecule has 4 amide bonds. The number of carbonyl (C=O) groups excluding carboxylic acids is 3. The van der Waals surface area contributed by atoms with Crippen molar-refractivity contribution in [3.63, 3.8) is 0 Å². The summed E-state index contributed by atoms with van der Waals surface area (Å²) in [4.78, 5) is 38.0. The molecule has 0 aliphatic carbocycles. The molecular formula is C18H13IN2O3. The number of carbonyl (C=O) groups is 3. The van der Waals surface area contributed by atoms with E-state index in [0.717, 1.165) is 14.0 Å². The van der Waals surface area contributed by atoms with Gasteiger partial charge in [-0.25, -0.2) is 9.69 Å². The first kappa shape index (κ1) is 16.4. The Morgan fingerprint density at radius 2 is 1.67 bits per heavy atom. The van der Waals surface area contributed by atoms with Crippen LogP contribution in [0.25, 0.3) is 6.08 Å². The van der Waals surface area contributed by atoms with Crippen molar-refractivity contribution in [3.8, 4) is 0 Å². The molecule has 0 aromatic heterocycles. The smallest absolute Gasteiger partial charge is 0.273 e. The van der Waals surface area contributed by atoms with Gasteiger partial charge >= 0.3 is 6.03 Å². The molecular weight excluding hydrogens is 419 g/mol. The van der Waals surface area contributed by atoms with Crippen molar-refractivity contribution < 1.29 is 14.4 Å². The molecule has 5 nitrogen and oxygen atoms in total. The zero-order valence-corrected chi connectivity index (χ0v) is 14.9. The van der Waals surface area contributed by atoms with Crippen molar-refractivity contribution in [2.45, 2.75) is 6.92 Å². The molecule has 2 aromatic rings. The molecule has 1 aliphatic rings. The Morgan fingerprint density at radius 1 is 1.00 bits per heavy atom. The van der Waals surface area contributed by atoms with E-state index in [-0.39, 0.29) is 5.57 Å². The van der Waals surface area contributed by atoms with Gasteiger partial charge in [0.1, 0.15) is 5.57 Å². The first-order chi connectivity index (χ1) is 11.5. The van der Waals surface area contributed by atoms with Gasteiger partial charge in [-0.15, -0.1) is 0 Å². The van der Waals surface area contributed by atoms with Crippen LogP contribution in [0, 0.1) is 10.5 Å². The number of rotatable bonds is 2. The van der Waals surface area contributed by atoms with E-state index in [1.165, 1.54) is 6.08 Å². The van der Waals surface area contributed by atoms with E-state index in [4.69, 9.17) is 0 Å². The molecule has 0 spiro atoms. The van der Waals surface area contributed by atoms with Gasteiger partial charge in [0.25, 0.3) is 11.8 Å². The molecule has 1 heterocycles. The second-order valence-electron chi connectivity index (χ2n) is 5.30. The minimum Gasteiger partial charge on any atom is -0.273 e. The van der Waals surface area contributed by atoms with Crippen LogP contribution in [0.1, 0.15) is 11.1 Å². The Balaban J connectivity index is 2.03. The van der Waals surface area contributed by atoms with Crippen LogP contribution in [-0.2, 0) is 9.59 Å². The summed E-state index contributed by atoms with van der Waals surface area (Å²) in [6.07, 6.45) is 1.49. The maximum absolute atomic E-state index is 12.7. The molecule has 0 atom stereocenters. The standard InChI is InChI=1S/C18H13IN2O3/c1-11-4-2-3-5-15(11)21-17(23)14(16(22)20-18(21)24)10-12-6-8-13(19)9-7-12/h2-10H,1H3,(H,20,22,24)/b14-10-. The van der Waals surface area contributed by atoms with E-state index in [2.05, 4.69) is 27.9 Å². The molecule has 1 saturated heterocycles. The van der Waals surface area contributed by atoms with Crippen molar-refractivity contribution in [2.24, 2.45) is 0 Å². The molecule has 1 aliphatic heterocycles. The Morgan fingerprint density at radius 3 is 2.33 bits per heavy atom. The molecule has 0 radical (unpaired) electrons. The first-order valence-electron chi connectivity index (χ1n) is 7.20. The summed E-state index contributed by atoms with van der Waals surface area (Å²) in [5, 5.41) is 2.22. The average Bonchev–Trinajstić information content (AvgIpc) is 2.55. The van der Waals surface area contributed by atoms with Gasteiger partial charge in [-0.1, -0.05) is 30.3 Å². The number of amides is 4. The minimum atomic E-state index is -0.737. The highest BCUT2D eigenvalue weighted by atomic mass is 127. The Bertz CT molecular complexity index is 872. The zero-order valence-electron chi connectivity index (χ0n) is 12.7. The number of hydrogen-bond donors (Lipinski definition) is 1. The van der Waals surface area contributed by atoms with E-state index in [0.29, 0.717) is 11.3 Å². The van der Waals surface area contributed by atoms with E-state index in [1.807, 2.05) is 30.3 Å². The average molecular weight is 432 g/mol. The van der Waals surface area contributed by atoms with Crippen LogP contribution in [0.4, 0.5) is 10.5 Å². The Kier molecular flexibility index (Phi) is 4.48. The first-order valence-corrected chi connectivity index (χ1v) is 8.28. The van der Waals surface area contributed by atoms with Crippen LogP contribution in [0.5, 0.6) is 0 Å². The molecule has 3 rings (SSSR count). The molecule has 0 saturated carbocycles. The van der Waals surface area contributed by atoms with Gasteiger partial charge in [-0.05, 0) is 64.9 Å². The Hall–Kier alpha value is -2.48. The van der Waals surface area contributed by atoms with Gasteiger partial charge in [0.15, 0.2) is 0 Å². The number of nitrogens with one attached hydrogen (secondary N) is 1. The van der Waals surface area contributed by atoms with Crippen molar-refractivity contribution >= 4 is 52.2 Å². The van der Waals surface area contributed by atoms with Crippen LogP contribution < -0.4 is 10.2 Å². The number of benzene rings is 2. The van der Waals surface area contributed by atoms with Crippen molar-refractivity contribution in [2.75, 3.05) is 4.90 Å². The van der Waals surface area contributed by atoms with Crippen molar-refractivity contribution in [1.29, 1.82) is 0 Å². The predicted molar refractivity (Wildman–Crippen MR) is 99.3 cm³/mol. The summed E-state index contributed by atoms with van der Waals surface area (Å²) in [6, 6.07) is 13.7. The minimum absolute atomic E-state index is 0.0703. The van der Waals surface area contributed by atoms with Crippen LogP contribution in [-0.4, -0.2) is 17.8 Å². The highest BCUT2D eigenvalue weighted by Crippen LogP contribution is 2.24. The van der Waals surface area contributed by atoms with Gasteiger partial charge in [-0.3, -0.25) is 14.9 Å². The fourth-order valence-corrected chi connectivity index (χ4v) is 2.78. The number of hydrogen-bond acceptors (Lipinski definition) is 3. The van der Waals surface area contributed by atoms with Gasteiger partial charge < -0.3 is 0 Å². The quantitative estimate of drug-likeness (QED) is 0.450. The predicted octanol–water partition coefficient (Wildman–Crippen LogP) is 3.27. The number of nitrogens with zero attached hydrogens (tertiary/aromatic N) is 1. The third-order valence-corrected chi connectivity index (χ3v) is 4.36. The highest BCUT2D eigenvalue weighted by Gasteiger charge is 2.37. The molecule has 0 unspecified atom stereocenters. The highest BCUT2D eigenvalue weighted by molar-refractivity contribution is 14.1. The summed E-state index contributed by atoms with van der Waals surface area (Å²) in [5.74, 6) is -1.31. The number of aryl methyl sites for hydroxylation is 1. The lowest BCUT2D eigenvalue weighted by atomic mass is 10.1. The molecule has 1 fully saturated rings. The summed E-state index contributed by atoms with van der Waals surface area (Å²) in [6.45, 7) is 1.80. The van der Waals surface area contributed by atoms with Crippen LogP contribution in [0.3, 0.4) is 0 Å². The second kappa shape index (κ2) is 6.56. The summed E-state index contributed by atoms with van der Waals surface area (Å²) in [5.41, 5.74) is 1.87. The van der Waals surface area contributed by atoms with Crippen LogP contribution in [0.15, 0.2) is 54.1 Å². The monoisotopic (exact) mass is 432 g/mol. The summed E-state index contributed by atoms with van der Waals surface area (Å²) in [7, 11) is 0. The maximum atomic E-state index is 12.7. The molecule has 6 heteroatoms. The largest absolute Gasteiger partial charge is 0.335 e. The van der Waals surface area contributed by atoms with E-state index in [9.17, 15) is 14.4 Å². The molecule has 2 aromatic carbocycles. The van der Waals surface area contributed by atoms with Gasteiger partial charge in [0.2, 0.25) is 0 Å². The van der Waals surface area contributed by atoms with E-state index in [1.54, 1.807) is 25.1 Å². The summed E-state index contributed by atoms with van der Waals surface area (Å²) < 4.78 is 1.05. The fraction of sp³-hybridized carbons (Fsp3) is 0.0556. The number of urea groups is 1. The van der Waals surface area contributed by atoms with Gasteiger partial charge in [0.05, 0.1) is 5.69 Å². The normalized spacial score (nSPS) is 16.5. The molecule has 1 N–H and O–H groups in total. The van der Waals surface area contributed by atoms with Gasteiger partial charge in [-0.2, -0.15) is 0 Å².